The molecule has 1 atom stereocenters. The predicted molar refractivity (Wildman–Crippen MR) is 71.8 cm³/mol. The van der Waals surface area contributed by atoms with Crippen molar-refractivity contribution in [2.75, 3.05) is 19.6 Å². The molecule has 1 unspecified atom stereocenters. The molecule has 96 valence electrons. The van der Waals surface area contributed by atoms with Crippen LogP contribution in [0.3, 0.4) is 0 Å². The fourth-order valence-corrected chi connectivity index (χ4v) is 2.16. The molecule has 1 N–H and O–H groups in total. The van der Waals surface area contributed by atoms with Gasteiger partial charge in [0.1, 0.15) is 0 Å². The molecule has 0 saturated carbocycles. The van der Waals surface area contributed by atoms with E-state index < -0.39 is 0 Å². The maximum absolute atomic E-state index is 12.1. The molecule has 3 heteroatoms. The number of nitrogens with zero attached hydrogens (tertiary/aromatic N) is 1. The molecule has 0 spiro atoms. The summed E-state index contributed by atoms with van der Waals surface area (Å²) in [6.07, 6.45) is 10.6. The summed E-state index contributed by atoms with van der Waals surface area (Å²) < 4.78 is 0. The van der Waals surface area contributed by atoms with Crippen molar-refractivity contribution in [1.82, 2.24) is 10.2 Å². The second-order valence-electron chi connectivity index (χ2n) is 4.42. The third kappa shape index (κ3) is 4.73. The number of hydrogen-bond acceptors (Lipinski definition) is 2. The number of carbonyl (C=O) groups is 1. The van der Waals surface area contributed by atoms with Crippen molar-refractivity contribution in [2.24, 2.45) is 0 Å². The van der Waals surface area contributed by atoms with Gasteiger partial charge in [0, 0.05) is 25.2 Å². The minimum Gasteiger partial charge on any atom is -0.335 e. The number of piperidine rings is 1. The normalized spacial score (nSPS) is 21.2. The lowest BCUT2D eigenvalue weighted by Crippen LogP contribution is -2.48. The van der Waals surface area contributed by atoms with E-state index in [9.17, 15) is 4.79 Å². The van der Waals surface area contributed by atoms with Crippen LogP contribution in [0.15, 0.2) is 24.3 Å². The summed E-state index contributed by atoms with van der Waals surface area (Å²) in [7, 11) is 0. The van der Waals surface area contributed by atoms with Crippen LogP contribution >= 0.6 is 0 Å². The predicted octanol–water partition coefficient (Wildman–Crippen LogP) is 2.11. The van der Waals surface area contributed by atoms with Crippen molar-refractivity contribution in [3.63, 3.8) is 0 Å². The summed E-state index contributed by atoms with van der Waals surface area (Å²) in [5.74, 6) is 0.138. The molecule has 0 radical (unpaired) electrons. The SMILES string of the molecule is CC=CC=CC(=O)N(CCC)C1CCCNC1. The standard InChI is InChI=1S/C14H24N2O/c1-3-5-6-9-14(17)16(11-4-2)13-8-7-10-15-12-13/h3,5-6,9,13,15H,4,7-8,10-12H2,1-2H3. The van der Waals surface area contributed by atoms with Crippen LogP contribution in [0.2, 0.25) is 0 Å². The van der Waals surface area contributed by atoms with Gasteiger partial charge in [-0.2, -0.15) is 0 Å². The van der Waals surface area contributed by atoms with E-state index in [0.29, 0.717) is 6.04 Å². The van der Waals surface area contributed by atoms with Crippen LogP contribution in [0, 0.1) is 0 Å². The van der Waals surface area contributed by atoms with Gasteiger partial charge in [0.15, 0.2) is 0 Å². The molecule has 1 rings (SSSR count). The Kier molecular flexibility index (Phi) is 6.63. The third-order valence-electron chi connectivity index (χ3n) is 3.00. The minimum absolute atomic E-state index is 0.138. The van der Waals surface area contributed by atoms with E-state index in [4.69, 9.17) is 0 Å². The molecule has 0 aromatic carbocycles. The number of amides is 1. The van der Waals surface area contributed by atoms with Gasteiger partial charge < -0.3 is 10.2 Å². The van der Waals surface area contributed by atoms with Gasteiger partial charge >= 0.3 is 0 Å². The highest BCUT2D eigenvalue weighted by molar-refractivity contribution is 5.88. The molecule has 1 aliphatic rings. The van der Waals surface area contributed by atoms with E-state index in [0.717, 1.165) is 38.9 Å². The van der Waals surface area contributed by atoms with Crippen LogP contribution in [0.25, 0.3) is 0 Å². The maximum Gasteiger partial charge on any atom is 0.246 e. The van der Waals surface area contributed by atoms with Gasteiger partial charge in [-0.1, -0.05) is 25.2 Å². The molecule has 0 aromatic rings. The average molecular weight is 236 g/mol. The van der Waals surface area contributed by atoms with Crippen molar-refractivity contribution in [1.29, 1.82) is 0 Å². The van der Waals surface area contributed by atoms with Crippen molar-refractivity contribution in [3.8, 4) is 0 Å². The van der Waals surface area contributed by atoms with Gasteiger partial charge in [0.2, 0.25) is 5.91 Å². The van der Waals surface area contributed by atoms with Gasteiger partial charge in [0.05, 0.1) is 0 Å². The molecule has 17 heavy (non-hydrogen) atoms. The second-order valence-corrected chi connectivity index (χ2v) is 4.42. The molecule has 0 aliphatic carbocycles. The molecule has 1 fully saturated rings. The molecular weight excluding hydrogens is 212 g/mol. The Morgan fingerprint density at radius 3 is 2.88 bits per heavy atom. The third-order valence-corrected chi connectivity index (χ3v) is 3.00. The Bertz CT molecular complexity index is 278. The van der Waals surface area contributed by atoms with E-state index in [2.05, 4.69) is 12.2 Å². The van der Waals surface area contributed by atoms with Crippen molar-refractivity contribution < 1.29 is 4.79 Å². The van der Waals surface area contributed by atoms with Crippen LogP contribution in [0.4, 0.5) is 0 Å². The molecule has 3 nitrogen and oxygen atoms in total. The lowest BCUT2D eigenvalue weighted by molar-refractivity contribution is -0.128. The first-order valence-electron chi connectivity index (χ1n) is 6.60. The highest BCUT2D eigenvalue weighted by atomic mass is 16.2. The number of hydrogen-bond donors (Lipinski definition) is 1. The zero-order chi connectivity index (χ0) is 12.5. The van der Waals surface area contributed by atoms with Crippen LogP contribution in [0.1, 0.15) is 33.1 Å². The summed E-state index contributed by atoms with van der Waals surface area (Å²) >= 11 is 0. The van der Waals surface area contributed by atoms with Gasteiger partial charge in [-0.05, 0) is 32.7 Å². The van der Waals surface area contributed by atoms with Crippen molar-refractivity contribution in [3.05, 3.63) is 24.3 Å². The van der Waals surface area contributed by atoms with Gasteiger partial charge in [0.25, 0.3) is 0 Å². The number of allylic oxidation sites excluding steroid dienone is 3. The molecule has 1 saturated heterocycles. The smallest absolute Gasteiger partial charge is 0.246 e. The Labute approximate surface area is 105 Å². The number of nitrogens with one attached hydrogen (secondary N) is 1. The second kappa shape index (κ2) is 8.07. The Morgan fingerprint density at radius 1 is 1.47 bits per heavy atom. The number of rotatable bonds is 5. The zero-order valence-corrected chi connectivity index (χ0v) is 11.0. The van der Waals surface area contributed by atoms with E-state index in [-0.39, 0.29) is 5.91 Å². The average Bonchev–Trinajstić information content (AvgIpc) is 2.37. The Hall–Kier alpha value is -1.09. The van der Waals surface area contributed by atoms with Crippen LogP contribution < -0.4 is 5.32 Å². The van der Waals surface area contributed by atoms with Crippen molar-refractivity contribution in [2.45, 2.75) is 39.2 Å². The Balaban J connectivity index is 2.59. The van der Waals surface area contributed by atoms with Gasteiger partial charge in [-0.15, -0.1) is 0 Å². The van der Waals surface area contributed by atoms with Crippen LogP contribution in [-0.2, 0) is 4.79 Å². The monoisotopic (exact) mass is 236 g/mol. The van der Waals surface area contributed by atoms with E-state index in [1.807, 2.05) is 30.1 Å². The Morgan fingerprint density at radius 2 is 2.29 bits per heavy atom. The molecule has 1 heterocycles. The summed E-state index contributed by atoms with van der Waals surface area (Å²) in [4.78, 5) is 14.1. The maximum atomic E-state index is 12.1. The van der Waals surface area contributed by atoms with E-state index >= 15 is 0 Å². The zero-order valence-electron chi connectivity index (χ0n) is 11.0. The summed E-state index contributed by atoms with van der Waals surface area (Å²) in [6.45, 7) is 6.93. The first-order valence-corrected chi connectivity index (χ1v) is 6.60. The van der Waals surface area contributed by atoms with Crippen LogP contribution in [0.5, 0.6) is 0 Å². The lowest BCUT2D eigenvalue weighted by Gasteiger charge is -2.34. The van der Waals surface area contributed by atoms with Crippen LogP contribution in [-0.4, -0.2) is 36.5 Å². The fourth-order valence-electron chi connectivity index (χ4n) is 2.16. The summed E-state index contributed by atoms with van der Waals surface area (Å²) in [5, 5.41) is 3.36. The lowest BCUT2D eigenvalue weighted by atomic mass is 10.1. The van der Waals surface area contributed by atoms with Gasteiger partial charge in [-0.25, -0.2) is 0 Å². The number of carbonyl (C=O) groups excluding carboxylic acids is 1. The van der Waals surface area contributed by atoms with Gasteiger partial charge in [-0.3, -0.25) is 4.79 Å². The molecule has 0 aromatic heterocycles. The highest BCUT2D eigenvalue weighted by Crippen LogP contribution is 2.11. The summed E-state index contributed by atoms with van der Waals surface area (Å²) in [6, 6.07) is 0.367. The summed E-state index contributed by atoms with van der Waals surface area (Å²) in [5.41, 5.74) is 0. The van der Waals surface area contributed by atoms with E-state index in [1.54, 1.807) is 6.08 Å². The first-order chi connectivity index (χ1) is 8.29. The largest absolute Gasteiger partial charge is 0.335 e. The molecule has 0 bridgehead atoms. The quantitative estimate of drug-likeness (QED) is 0.586. The minimum atomic E-state index is 0.138. The molecule has 1 aliphatic heterocycles. The molecule has 1 amide bonds. The molecular formula is C14H24N2O. The topological polar surface area (TPSA) is 32.3 Å². The first kappa shape index (κ1) is 14.0. The fraction of sp³-hybridized carbons (Fsp3) is 0.643. The van der Waals surface area contributed by atoms with E-state index in [1.165, 1.54) is 0 Å². The highest BCUT2D eigenvalue weighted by Gasteiger charge is 2.22. The van der Waals surface area contributed by atoms with Crippen molar-refractivity contribution >= 4 is 5.91 Å².